The second-order valence-electron chi connectivity index (χ2n) is 5.14. The number of aromatic nitrogens is 2. The topological polar surface area (TPSA) is 67.0 Å². The number of rotatable bonds is 5. The molecule has 1 aromatic carbocycles. The van der Waals surface area contributed by atoms with Gasteiger partial charge in [0.2, 0.25) is 0 Å². The van der Waals surface area contributed by atoms with Gasteiger partial charge in [0.1, 0.15) is 5.69 Å². The van der Waals surface area contributed by atoms with Crippen molar-refractivity contribution in [2.45, 2.75) is 13.5 Å². The fraction of sp³-hybridized carbons (Fsp3) is 0.176. The molecule has 0 fully saturated rings. The molecular weight excluding hydrogens is 310 g/mol. The molecule has 0 atom stereocenters. The van der Waals surface area contributed by atoms with Crippen LogP contribution in [-0.2, 0) is 11.3 Å². The summed E-state index contributed by atoms with van der Waals surface area (Å²) in [5, 5.41) is 5.87. The van der Waals surface area contributed by atoms with E-state index in [0.717, 1.165) is 27.5 Å². The highest BCUT2D eigenvalue weighted by molar-refractivity contribution is 7.09. The third-order valence-electron chi connectivity index (χ3n) is 3.34. The fourth-order valence-electron chi connectivity index (χ4n) is 2.27. The van der Waals surface area contributed by atoms with Crippen molar-refractivity contribution in [3.05, 3.63) is 58.2 Å². The quantitative estimate of drug-likeness (QED) is 0.748. The number of nitrogens with zero attached hydrogens (tertiary/aromatic N) is 1. The van der Waals surface area contributed by atoms with Gasteiger partial charge in [-0.15, -0.1) is 11.3 Å². The lowest BCUT2D eigenvalue weighted by atomic mass is 10.2. The van der Waals surface area contributed by atoms with Gasteiger partial charge in [-0.1, -0.05) is 12.1 Å². The highest BCUT2D eigenvalue weighted by atomic mass is 32.1. The highest BCUT2D eigenvalue weighted by Crippen LogP contribution is 2.22. The van der Waals surface area contributed by atoms with Crippen molar-refractivity contribution in [3.8, 4) is 11.3 Å². The molecule has 2 aromatic heterocycles. The van der Waals surface area contributed by atoms with Gasteiger partial charge in [0.25, 0.3) is 5.91 Å². The van der Waals surface area contributed by atoms with Crippen molar-refractivity contribution in [3.63, 3.8) is 0 Å². The summed E-state index contributed by atoms with van der Waals surface area (Å²) in [6, 6.07) is 9.40. The summed E-state index contributed by atoms with van der Waals surface area (Å²) in [5.41, 5.74) is 4.04. The van der Waals surface area contributed by atoms with Crippen LogP contribution in [0.25, 0.3) is 11.3 Å². The average molecular weight is 327 g/mol. The number of nitrogens with one attached hydrogen (secondary N) is 2. The minimum absolute atomic E-state index is 0.183. The van der Waals surface area contributed by atoms with Crippen molar-refractivity contribution >= 4 is 22.9 Å². The minimum Gasteiger partial charge on any atom is -0.380 e. The van der Waals surface area contributed by atoms with E-state index in [1.807, 2.05) is 42.6 Å². The third-order valence-corrected chi connectivity index (χ3v) is 4.11. The molecule has 0 aliphatic carbocycles. The Morgan fingerprint density at radius 2 is 2.26 bits per heavy atom. The van der Waals surface area contributed by atoms with Crippen molar-refractivity contribution in [1.29, 1.82) is 0 Å². The molecule has 23 heavy (non-hydrogen) atoms. The van der Waals surface area contributed by atoms with Crippen LogP contribution in [0.3, 0.4) is 0 Å². The molecular formula is C17H17N3O2S. The van der Waals surface area contributed by atoms with Crippen LogP contribution in [0.1, 0.15) is 21.1 Å². The van der Waals surface area contributed by atoms with Crippen LogP contribution in [0.4, 0.5) is 5.69 Å². The Hall–Kier alpha value is -2.44. The lowest BCUT2D eigenvalue weighted by molar-refractivity contribution is 0.102. The van der Waals surface area contributed by atoms with E-state index in [1.165, 1.54) is 0 Å². The molecule has 0 aliphatic rings. The first-order valence-corrected chi connectivity index (χ1v) is 8.04. The number of anilines is 1. The molecule has 3 rings (SSSR count). The van der Waals surface area contributed by atoms with Crippen LogP contribution in [0.2, 0.25) is 0 Å². The monoisotopic (exact) mass is 327 g/mol. The molecule has 1 amide bonds. The smallest absolute Gasteiger partial charge is 0.272 e. The van der Waals surface area contributed by atoms with Gasteiger partial charge >= 0.3 is 0 Å². The maximum atomic E-state index is 12.3. The van der Waals surface area contributed by atoms with Crippen LogP contribution in [0.5, 0.6) is 0 Å². The predicted octanol–water partition coefficient (Wildman–Crippen LogP) is 3.85. The molecule has 6 heteroatoms. The Morgan fingerprint density at radius 3 is 3.00 bits per heavy atom. The summed E-state index contributed by atoms with van der Waals surface area (Å²) in [7, 11) is 1.64. The highest BCUT2D eigenvalue weighted by Gasteiger charge is 2.11. The summed E-state index contributed by atoms with van der Waals surface area (Å²) in [6.45, 7) is 2.47. The minimum atomic E-state index is -0.183. The molecule has 0 aliphatic heterocycles. The van der Waals surface area contributed by atoms with Crippen molar-refractivity contribution in [2.75, 3.05) is 12.4 Å². The Balaban J connectivity index is 1.74. The summed E-state index contributed by atoms with van der Waals surface area (Å²) in [6.07, 6.45) is 1.80. The van der Waals surface area contributed by atoms with E-state index in [2.05, 4.69) is 15.3 Å². The number of hydrogen-bond acceptors (Lipinski definition) is 4. The second kappa shape index (κ2) is 6.76. The lowest BCUT2D eigenvalue weighted by Crippen LogP contribution is -2.12. The molecule has 0 radical (unpaired) electrons. The Morgan fingerprint density at radius 1 is 1.39 bits per heavy atom. The first-order valence-electron chi connectivity index (χ1n) is 7.16. The number of carbonyl (C=O) groups is 1. The molecule has 0 saturated heterocycles. The molecule has 0 unspecified atom stereocenters. The van der Waals surface area contributed by atoms with Gasteiger partial charge in [-0.2, -0.15) is 0 Å². The summed E-state index contributed by atoms with van der Waals surface area (Å²) in [5.74, 6) is -0.183. The second-order valence-corrected chi connectivity index (χ2v) is 6.20. The van der Waals surface area contributed by atoms with E-state index in [1.54, 1.807) is 24.6 Å². The summed E-state index contributed by atoms with van der Waals surface area (Å²) in [4.78, 5) is 19.8. The number of aryl methyl sites for hydroxylation is 1. The van der Waals surface area contributed by atoms with Gasteiger partial charge < -0.3 is 15.0 Å². The van der Waals surface area contributed by atoms with Gasteiger partial charge in [-0.3, -0.25) is 4.79 Å². The zero-order valence-electron chi connectivity index (χ0n) is 12.9. The fourth-order valence-corrected chi connectivity index (χ4v) is 2.90. The molecule has 5 nitrogen and oxygen atoms in total. The number of aromatic amines is 1. The van der Waals surface area contributed by atoms with E-state index >= 15 is 0 Å². The van der Waals surface area contributed by atoms with Crippen LogP contribution in [0.15, 0.2) is 41.9 Å². The lowest BCUT2D eigenvalue weighted by Gasteiger charge is -2.06. The van der Waals surface area contributed by atoms with Crippen LogP contribution in [0, 0.1) is 6.92 Å². The standard InChI is InChI=1S/C17H17N3O2S/c1-11-19-16(10-23-11)13-7-15(18-8-13)17(21)20-14-5-3-4-12(6-14)9-22-2/h3-8,10,18H,9H2,1-2H3,(H,20,21). The van der Waals surface area contributed by atoms with Crippen LogP contribution < -0.4 is 5.32 Å². The average Bonchev–Trinajstić information content (AvgIpc) is 3.16. The van der Waals surface area contributed by atoms with E-state index in [0.29, 0.717) is 12.3 Å². The summed E-state index contributed by atoms with van der Waals surface area (Å²) < 4.78 is 5.10. The molecule has 3 aromatic rings. The number of methoxy groups -OCH3 is 1. The van der Waals surface area contributed by atoms with Crippen molar-refractivity contribution < 1.29 is 9.53 Å². The number of carbonyl (C=O) groups excluding carboxylic acids is 1. The SMILES string of the molecule is COCc1cccc(NC(=O)c2cc(-c3csc(C)n3)c[nH]2)c1. The molecule has 0 saturated carbocycles. The molecule has 2 N–H and O–H groups in total. The zero-order valence-corrected chi connectivity index (χ0v) is 13.7. The van der Waals surface area contributed by atoms with E-state index in [9.17, 15) is 4.79 Å². The summed E-state index contributed by atoms with van der Waals surface area (Å²) >= 11 is 1.59. The maximum absolute atomic E-state index is 12.3. The number of H-pyrrole nitrogens is 1. The first kappa shape index (κ1) is 15.5. The van der Waals surface area contributed by atoms with Crippen molar-refractivity contribution in [2.24, 2.45) is 0 Å². The van der Waals surface area contributed by atoms with E-state index in [4.69, 9.17) is 4.74 Å². The van der Waals surface area contributed by atoms with Gasteiger partial charge in [0, 0.05) is 29.9 Å². The Labute approximate surface area is 138 Å². The molecule has 0 bridgehead atoms. The van der Waals surface area contributed by atoms with Gasteiger partial charge in [0.05, 0.1) is 17.3 Å². The number of amides is 1. The number of ether oxygens (including phenoxy) is 1. The van der Waals surface area contributed by atoms with Crippen LogP contribution in [-0.4, -0.2) is 23.0 Å². The third kappa shape index (κ3) is 3.67. The molecule has 0 spiro atoms. The first-order chi connectivity index (χ1) is 11.2. The largest absolute Gasteiger partial charge is 0.380 e. The van der Waals surface area contributed by atoms with E-state index < -0.39 is 0 Å². The Bertz CT molecular complexity index is 823. The van der Waals surface area contributed by atoms with Crippen molar-refractivity contribution in [1.82, 2.24) is 9.97 Å². The predicted molar refractivity (Wildman–Crippen MR) is 91.7 cm³/mol. The molecule has 118 valence electrons. The number of benzene rings is 1. The maximum Gasteiger partial charge on any atom is 0.272 e. The Kier molecular flexibility index (Phi) is 4.55. The number of hydrogen-bond donors (Lipinski definition) is 2. The van der Waals surface area contributed by atoms with Gasteiger partial charge in [0.15, 0.2) is 0 Å². The van der Waals surface area contributed by atoms with Gasteiger partial charge in [-0.05, 0) is 30.7 Å². The normalized spacial score (nSPS) is 10.7. The van der Waals surface area contributed by atoms with Crippen LogP contribution >= 0.6 is 11.3 Å². The molecule has 2 heterocycles. The zero-order chi connectivity index (χ0) is 16.2. The van der Waals surface area contributed by atoms with Gasteiger partial charge in [-0.25, -0.2) is 4.98 Å². The number of thiazole rings is 1. The van der Waals surface area contributed by atoms with E-state index in [-0.39, 0.29) is 5.91 Å².